The van der Waals surface area contributed by atoms with Gasteiger partial charge in [0.15, 0.2) is 0 Å². The van der Waals surface area contributed by atoms with E-state index in [9.17, 15) is 9.59 Å². The summed E-state index contributed by atoms with van der Waals surface area (Å²) in [5, 5.41) is 2.80. The predicted octanol–water partition coefficient (Wildman–Crippen LogP) is 2.33. The van der Waals surface area contributed by atoms with Crippen molar-refractivity contribution in [2.24, 2.45) is 0 Å². The lowest BCUT2D eigenvalue weighted by Crippen LogP contribution is -2.63. The average molecular weight is 288 g/mol. The highest BCUT2D eigenvalue weighted by Crippen LogP contribution is 2.24. The molecule has 1 heterocycles. The molecule has 114 valence electrons. The first kappa shape index (κ1) is 15.5. The molecule has 1 aromatic rings. The van der Waals surface area contributed by atoms with Crippen LogP contribution in [-0.4, -0.2) is 35.3 Å². The van der Waals surface area contributed by atoms with Gasteiger partial charge in [0.05, 0.1) is 0 Å². The predicted molar refractivity (Wildman–Crippen MR) is 83.3 cm³/mol. The molecule has 0 radical (unpaired) electrons. The van der Waals surface area contributed by atoms with Crippen molar-refractivity contribution >= 4 is 11.8 Å². The average Bonchev–Trinajstić information content (AvgIpc) is 2.40. The molecule has 0 spiro atoms. The maximum Gasteiger partial charge on any atom is 0.254 e. The zero-order chi connectivity index (χ0) is 15.8. The van der Waals surface area contributed by atoms with Gasteiger partial charge in [-0.15, -0.1) is 0 Å². The third-order valence-electron chi connectivity index (χ3n) is 4.09. The second kappa shape index (κ2) is 5.17. The Labute approximate surface area is 126 Å². The molecule has 2 rings (SSSR count). The molecule has 1 N–H and O–H groups in total. The topological polar surface area (TPSA) is 49.4 Å². The summed E-state index contributed by atoms with van der Waals surface area (Å²) in [5.74, 6) is -0.191. The SMILES string of the molecule is CC(C)(C)c1ccc(C(=O)N2CCNC(=O)C2(C)C)cc1. The highest BCUT2D eigenvalue weighted by atomic mass is 16.2. The third-order valence-corrected chi connectivity index (χ3v) is 4.09. The van der Waals surface area contributed by atoms with Crippen LogP contribution in [0, 0.1) is 0 Å². The second-order valence-electron chi connectivity index (χ2n) is 7.10. The molecule has 1 saturated heterocycles. The summed E-state index contributed by atoms with van der Waals surface area (Å²) in [6, 6.07) is 7.69. The summed E-state index contributed by atoms with van der Waals surface area (Å²) in [7, 11) is 0. The van der Waals surface area contributed by atoms with E-state index < -0.39 is 5.54 Å². The summed E-state index contributed by atoms with van der Waals surface area (Å²) >= 11 is 0. The number of piperazine rings is 1. The highest BCUT2D eigenvalue weighted by molar-refractivity contribution is 5.99. The fraction of sp³-hybridized carbons (Fsp3) is 0.529. The van der Waals surface area contributed by atoms with E-state index in [0.717, 1.165) is 0 Å². The van der Waals surface area contributed by atoms with Gasteiger partial charge in [-0.3, -0.25) is 9.59 Å². The van der Waals surface area contributed by atoms with Gasteiger partial charge in [-0.1, -0.05) is 32.9 Å². The lowest BCUT2D eigenvalue weighted by Gasteiger charge is -2.41. The Kier molecular flexibility index (Phi) is 3.83. The van der Waals surface area contributed by atoms with E-state index in [-0.39, 0.29) is 17.2 Å². The van der Waals surface area contributed by atoms with Crippen LogP contribution in [0.25, 0.3) is 0 Å². The minimum absolute atomic E-state index is 0.0614. The maximum atomic E-state index is 12.7. The molecule has 1 aliphatic heterocycles. The van der Waals surface area contributed by atoms with Gasteiger partial charge in [0, 0.05) is 18.7 Å². The normalized spacial score (nSPS) is 18.3. The van der Waals surface area contributed by atoms with Gasteiger partial charge in [0.25, 0.3) is 5.91 Å². The zero-order valence-electron chi connectivity index (χ0n) is 13.5. The van der Waals surface area contributed by atoms with Crippen molar-refractivity contribution in [3.8, 4) is 0 Å². The number of nitrogens with zero attached hydrogens (tertiary/aromatic N) is 1. The number of hydrogen-bond donors (Lipinski definition) is 1. The molecular formula is C17H24N2O2. The Morgan fingerprint density at radius 3 is 2.29 bits per heavy atom. The number of carbonyl (C=O) groups is 2. The summed E-state index contributed by atoms with van der Waals surface area (Å²) in [5.41, 5.74) is 1.07. The second-order valence-corrected chi connectivity index (χ2v) is 7.10. The van der Waals surface area contributed by atoms with E-state index in [1.165, 1.54) is 5.56 Å². The number of carbonyl (C=O) groups excluding carboxylic acids is 2. The molecule has 1 fully saturated rings. The number of rotatable bonds is 1. The van der Waals surface area contributed by atoms with Crippen molar-refractivity contribution < 1.29 is 9.59 Å². The third kappa shape index (κ3) is 2.94. The molecule has 4 nitrogen and oxygen atoms in total. The first-order valence-electron chi connectivity index (χ1n) is 7.35. The van der Waals surface area contributed by atoms with E-state index in [1.807, 2.05) is 24.3 Å². The number of amides is 2. The lowest BCUT2D eigenvalue weighted by molar-refractivity contribution is -0.133. The molecule has 4 heteroatoms. The largest absolute Gasteiger partial charge is 0.352 e. The quantitative estimate of drug-likeness (QED) is 0.862. The summed E-state index contributed by atoms with van der Waals surface area (Å²) in [6.07, 6.45) is 0. The van der Waals surface area contributed by atoms with Crippen LogP contribution in [0.5, 0.6) is 0 Å². The minimum Gasteiger partial charge on any atom is -0.352 e. The van der Waals surface area contributed by atoms with Gasteiger partial charge >= 0.3 is 0 Å². The van der Waals surface area contributed by atoms with Crippen LogP contribution in [0.1, 0.15) is 50.5 Å². The minimum atomic E-state index is -0.808. The first-order valence-corrected chi connectivity index (χ1v) is 7.35. The van der Waals surface area contributed by atoms with Crippen molar-refractivity contribution in [3.63, 3.8) is 0 Å². The molecule has 1 aliphatic rings. The monoisotopic (exact) mass is 288 g/mol. The van der Waals surface area contributed by atoms with Crippen molar-refractivity contribution in [1.82, 2.24) is 10.2 Å². The molecule has 0 aliphatic carbocycles. The highest BCUT2D eigenvalue weighted by Gasteiger charge is 2.40. The van der Waals surface area contributed by atoms with E-state index in [2.05, 4.69) is 26.1 Å². The van der Waals surface area contributed by atoms with Gasteiger partial charge in [-0.05, 0) is 37.0 Å². The molecule has 0 bridgehead atoms. The fourth-order valence-electron chi connectivity index (χ4n) is 2.52. The van der Waals surface area contributed by atoms with Crippen LogP contribution in [0.3, 0.4) is 0 Å². The van der Waals surface area contributed by atoms with Gasteiger partial charge < -0.3 is 10.2 Å². The van der Waals surface area contributed by atoms with Crippen LogP contribution in [0.2, 0.25) is 0 Å². The molecule has 0 aromatic heterocycles. The molecule has 21 heavy (non-hydrogen) atoms. The Balaban J connectivity index is 2.26. The van der Waals surface area contributed by atoms with Crippen LogP contribution >= 0.6 is 0 Å². The van der Waals surface area contributed by atoms with Gasteiger partial charge in [-0.25, -0.2) is 0 Å². The first-order chi connectivity index (χ1) is 9.64. The fourth-order valence-corrected chi connectivity index (χ4v) is 2.52. The molecular weight excluding hydrogens is 264 g/mol. The Morgan fingerprint density at radius 2 is 1.76 bits per heavy atom. The van der Waals surface area contributed by atoms with E-state index in [4.69, 9.17) is 0 Å². The molecule has 1 aromatic carbocycles. The maximum absolute atomic E-state index is 12.7. The summed E-state index contributed by atoms with van der Waals surface area (Å²) in [6.45, 7) is 11.0. The van der Waals surface area contributed by atoms with Gasteiger partial charge in [0.2, 0.25) is 5.91 Å². The van der Waals surface area contributed by atoms with Crippen molar-refractivity contribution in [1.29, 1.82) is 0 Å². The van der Waals surface area contributed by atoms with Gasteiger partial charge in [-0.2, -0.15) is 0 Å². The van der Waals surface area contributed by atoms with Crippen molar-refractivity contribution in [2.45, 2.75) is 45.6 Å². The zero-order valence-corrected chi connectivity index (χ0v) is 13.5. The summed E-state index contributed by atoms with van der Waals surface area (Å²) < 4.78 is 0. The van der Waals surface area contributed by atoms with E-state index >= 15 is 0 Å². The molecule has 0 atom stereocenters. The molecule has 0 saturated carbocycles. The summed E-state index contributed by atoms with van der Waals surface area (Å²) in [4.78, 5) is 26.3. The van der Waals surface area contributed by atoms with Crippen molar-refractivity contribution in [3.05, 3.63) is 35.4 Å². The number of hydrogen-bond acceptors (Lipinski definition) is 2. The van der Waals surface area contributed by atoms with Crippen LogP contribution in [-0.2, 0) is 10.2 Å². The Morgan fingerprint density at radius 1 is 1.19 bits per heavy atom. The van der Waals surface area contributed by atoms with E-state index in [1.54, 1.807) is 18.7 Å². The lowest BCUT2D eigenvalue weighted by atomic mass is 9.86. The Hall–Kier alpha value is -1.84. The Bertz CT molecular complexity index is 553. The molecule has 0 unspecified atom stereocenters. The molecule has 2 amide bonds. The van der Waals surface area contributed by atoms with E-state index in [0.29, 0.717) is 18.7 Å². The van der Waals surface area contributed by atoms with Gasteiger partial charge in [0.1, 0.15) is 5.54 Å². The smallest absolute Gasteiger partial charge is 0.254 e. The standard InChI is InChI=1S/C17H24N2O2/c1-16(2,3)13-8-6-12(7-9-13)14(20)19-11-10-18-15(21)17(19,4)5/h6-9H,10-11H2,1-5H3,(H,18,21). The number of nitrogens with one attached hydrogen (secondary N) is 1. The van der Waals surface area contributed by atoms with Crippen LogP contribution in [0.4, 0.5) is 0 Å². The number of benzene rings is 1. The van der Waals surface area contributed by atoms with Crippen LogP contribution < -0.4 is 5.32 Å². The van der Waals surface area contributed by atoms with Crippen molar-refractivity contribution in [2.75, 3.05) is 13.1 Å². The van der Waals surface area contributed by atoms with Crippen LogP contribution in [0.15, 0.2) is 24.3 Å².